The Morgan fingerprint density at radius 2 is 1.54 bits per heavy atom. The van der Waals surface area contributed by atoms with Crippen molar-refractivity contribution in [3.05, 3.63) is 101 Å². The van der Waals surface area contributed by atoms with E-state index in [9.17, 15) is 19.1 Å². The number of carbonyl (C=O) groups excluding carboxylic acids is 1. The second-order valence-electron chi connectivity index (χ2n) is 9.49. The molecule has 0 bridgehead atoms. The van der Waals surface area contributed by atoms with Crippen molar-refractivity contribution >= 4 is 11.9 Å². The maximum atomic E-state index is 14.0. The van der Waals surface area contributed by atoms with E-state index in [1.165, 1.54) is 6.07 Å². The lowest BCUT2D eigenvalue weighted by atomic mass is 9.84. The molecule has 37 heavy (non-hydrogen) atoms. The van der Waals surface area contributed by atoms with Crippen LogP contribution < -0.4 is 0 Å². The van der Waals surface area contributed by atoms with Crippen LogP contribution >= 0.6 is 0 Å². The van der Waals surface area contributed by atoms with Gasteiger partial charge in [-0.1, -0.05) is 71.9 Å². The number of carboxylic acids is 1. The van der Waals surface area contributed by atoms with Gasteiger partial charge in [-0.05, 0) is 50.5 Å². The van der Waals surface area contributed by atoms with Gasteiger partial charge in [-0.2, -0.15) is 0 Å². The highest BCUT2D eigenvalue weighted by Gasteiger charge is 2.29. The highest BCUT2D eigenvalue weighted by Crippen LogP contribution is 2.31. The standard InChI is InChI=1S/C30H28FNO5/c1-18-25(17-27(33)36-19(2)24-7-5-6-8-26(24)31)28(37-32-18)22-11-9-20(10-12-22)21-13-15-23(16-14-21)30(3,4)29(34)35/h5-16,19H,17H2,1-4H3,(H,34,35)/t19-/m1/s1. The lowest BCUT2D eigenvalue weighted by Gasteiger charge is -2.19. The Kier molecular flexibility index (Phi) is 7.25. The average molecular weight is 502 g/mol. The largest absolute Gasteiger partial charge is 0.481 e. The molecule has 1 aromatic heterocycles. The van der Waals surface area contributed by atoms with Crippen molar-refractivity contribution in [3.63, 3.8) is 0 Å². The summed E-state index contributed by atoms with van der Waals surface area (Å²) in [6.07, 6.45) is -0.796. The molecule has 0 amide bonds. The van der Waals surface area contributed by atoms with Crippen LogP contribution in [0.25, 0.3) is 22.5 Å². The van der Waals surface area contributed by atoms with Crippen LogP contribution in [-0.2, 0) is 26.2 Å². The maximum absolute atomic E-state index is 14.0. The zero-order chi connectivity index (χ0) is 26.7. The molecule has 0 aliphatic carbocycles. The molecule has 1 heterocycles. The summed E-state index contributed by atoms with van der Waals surface area (Å²) >= 11 is 0. The minimum Gasteiger partial charge on any atom is -0.481 e. The minimum atomic E-state index is -0.975. The van der Waals surface area contributed by atoms with Crippen LogP contribution in [0.1, 0.15) is 49.3 Å². The summed E-state index contributed by atoms with van der Waals surface area (Å²) in [5.74, 6) is -1.35. The van der Waals surface area contributed by atoms with Crippen LogP contribution in [0, 0.1) is 12.7 Å². The van der Waals surface area contributed by atoms with Crippen LogP contribution in [0.5, 0.6) is 0 Å². The van der Waals surface area contributed by atoms with E-state index in [1.54, 1.807) is 45.9 Å². The summed E-state index contributed by atoms with van der Waals surface area (Å²) in [7, 11) is 0. The first-order valence-electron chi connectivity index (χ1n) is 11.9. The Morgan fingerprint density at radius 3 is 2.14 bits per heavy atom. The Morgan fingerprint density at radius 1 is 0.973 bits per heavy atom. The third-order valence-corrected chi connectivity index (χ3v) is 6.58. The zero-order valence-corrected chi connectivity index (χ0v) is 21.1. The number of rotatable bonds is 8. The minimum absolute atomic E-state index is 0.0635. The number of hydrogen-bond acceptors (Lipinski definition) is 5. The molecule has 0 aliphatic heterocycles. The fourth-order valence-electron chi connectivity index (χ4n) is 4.09. The second-order valence-corrected chi connectivity index (χ2v) is 9.49. The Labute approximate surface area is 214 Å². The third-order valence-electron chi connectivity index (χ3n) is 6.58. The average Bonchev–Trinajstić information content (AvgIpc) is 3.24. The van der Waals surface area contributed by atoms with Gasteiger partial charge in [-0.15, -0.1) is 0 Å². The normalized spacial score (nSPS) is 12.2. The molecule has 0 unspecified atom stereocenters. The molecule has 190 valence electrons. The molecule has 7 heteroatoms. The van der Waals surface area contributed by atoms with Crippen molar-refractivity contribution in [2.75, 3.05) is 0 Å². The van der Waals surface area contributed by atoms with Gasteiger partial charge < -0.3 is 14.4 Å². The number of halogens is 1. The van der Waals surface area contributed by atoms with E-state index >= 15 is 0 Å². The number of carboxylic acid groups (broad SMARTS) is 1. The molecular weight excluding hydrogens is 473 g/mol. The molecule has 4 aromatic rings. The molecular formula is C30H28FNO5. The van der Waals surface area contributed by atoms with Gasteiger partial charge in [0.25, 0.3) is 0 Å². The number of carbonyl (C=O) groups is 2. The summed E-state index contributed by atoms with van der Waals surface area (Å²) in [4.78, 5) is 24.2. The van der Waals surface area contributed by atoms with Crippen molar-refractivity contribution in [3.8, 4) is 22.5 Å². The van der Waals surface area contributed by atoms with Crippen LogP contribution in [0.3, 0.4) is 0 Å². The van der Waals surface area contributed by atoms with Crippen LogP contribution in [-0.4, -0.2) is 22.2 Å². The zero-order valence-electron chi connectivity index (χ0n) is 21.1. The van der Waals surface area contributed by atoms with Gasteiger partial charge in [0.05, 0.1) is 17.5 Å². The smallest absolute Gasteiger partial charge is 0.313 e. The highest BCUT2D eigenvalue weighted by molar-refractivity contribution is 5.81. The third kappa shape index (κ3) is 5.45. The van der Waals surface area contributed by atoms with Gasteiger partial charge in [-0.25, -0.2) is 4.39 Å². The lowest BCUT2D eigenvalue weighted by Crippen LogP contribution is -2.28. The van der Waals surface area contributed by atoms with E-state index in [0.29, 0.717) is 22.6 Å². The van der Waals surface area contributed by atoms with E-state index in [0.717, 1.165) is 22.3 Å². The number of esters is 1. The van der Waals surface area contributed by atoms with Crippen LogP contribution in [0.4, 0.5) is 4.39 Å². The number of aliphatic carboxylic acids is 1. The topological polar surface area (TPSA) is 89.6 Å². The van der Waals surface area contributed by atoms with Crippen molar-refractivity contribution in [2.24, 2.45) is 0 Å². The Hall–Kier alpha value is -4.26. The quantitative estimate of drug-likeness (QED) is 0.271. The number of nitrogens with zero attached hydrogens (tertiary/aromatic N) is 1. The first-order valence-corrected chi connectivity index (χ1v) is 11.9. The molecule has 4 rings (SSSR count). The SMILES string of the molecule is Cc1noc(-c2ccc(-c3ccc(C(C)(C)C(=O)O)cc3)cc2)c1CC(=O)O[C@H](C)c1ccccc1F. The summed E-state index contributed by atoms with van der Waals surface area (Å²) in [5.41, 5.74) is 3.88. The molecule has 0 spiro atoms. The second kappa shape index (κ2) is 10.4. The Balaban J connectivity index is 1.50. The Bertz CT molecular complexity index is 1420. The number of ether oxygens (including phenoxy) is 1. The molecule has 6 nitrogen and oxygen atoms in total. The van der Waals surface area contributed by atoms with Crippen LogP contribution in [0.15, 0.2) is 77.3 Å². The number of hydrogen-bond donors (Lipinski definition) is 1. The van der Waals surface area contributed by atoms with Gasteiger partial charge in [-0.3, -0.25) is 9.59 Å². The molecule has 0 radical (unpaired) electrons. The van der Waals surface area contributed by atoms with E-state index < -0.39 is 29.3 Å². The monoisotopic (exact) mass is 501 g/mol. The van der Waals surface area contributed by atoms with E-state index in [2.05, 4.69) is 5.16 Å². The highest BCUT2D eigenvalue weighted by atomic mass is 19.1. The van der Waals surface area contributed by atoms with Crippen molar-refractivity contribution < 1.29 is 28.3 Å². The summed E-state index contributed by atoms with van der Waals surface area (Å²) in [6, 6.07) is 21.2. The first kappa shape index (κ1) is 25.8. The van der Waals surface area contributed by atoms with Crippen molar-refractivity contribution in [1.29, 1.82) is 0 Å². The number of aromatic nitrogens is 1. The van der Waals surface area contributed by atoms with Gasteiger partial charge in [0.2, 0.25) is 0 Å². The van der Waals surface area contributed by atoms with E-state index in [-0.39, 0.29) is 6.42 Å². The van der Waals surface area contributed by atoms with E-state index in [4.69, 9.17) is 9.26 Å². The predicted molar refractivity (Wildman–Crippen MR) is 137 cm³/mol. The molecule has 3 aromatic carbocycles. The fraction of sp³-hybridized carbons (Fsp3) is 0.233. The first-order chi connectivity index (χ1) is 17.6. The van der Waals surface area contributed by atoms with Gasteiger partial charge in [0.15, 0.2) is 5.76 Å². The molecule has 0 fully saturated rings. The van der Waals surface area contributed by atoms with Gasteiger partial charge >= 0.3 is 11.9 Å². The molecule has 1 atom stereocenters. The summed E-state index contributed by atoms with van der Waals surface area (Å²) in [5, 5.41) is 13.5. The van der Waals surface area contributed by atoms with Crippen LogP contribution in [0.2, 0.25) is 0 Å². The number of benzene rings is 3. The predicted octanol–water partition coefficient (Wildman–Crippen LogP) is 6.67. The van der Waals surface area contributed by atoms with Gasteiger partial charge in [0, 0.05) is 16.7 Å². The van der Waals surface area contributed by atoms with Gasteiger partial charge in [0.1, 0.15) is 11.9 Å². The summed E-state index contributed by atoms with van der Waals surface area (Å²) < 4.78 is 25.1. The fourth-order valence-corrected chi connectivity index (χ4v) is 4.09. The number of aryl methyl sites for hydroxylation is 1. The molecule has 0 saturated heterocycles. The lowest BCUT2D eigenvalue weighted by molar-refractivity contribution is -0.148. The molecule has 0 aliphatic rings. The molecule has 0 saturated carbocycles. The maximum Gasteiger partial charge on any atom is 0.313 e. The van der Waals surface area contributed by atoms with Crippen molar-refractivity contribution in [1.82, 2.24) is 5.16 Å². The van der Waals surface area contributed by atoms with E-state index in [1.807, 2.05) is 48.5 Å². The van der Waals surface area contributed by atoms with Crippen molar-refractivity contribution in [2.45, 2.75) is 45.6 Å². The summed E-state index contributed by atoms with van der Waals surface area (Å²) in [6.45, 7) is 6.73. The molecule has 1 N–H and O–H groups in total.